The van der Waals surface area contributed by atoms with Crippen molar-refractivity contribution in [3.8, 4) is 5.75 Å². The van der Waals surface area contributed by atoms with Crippen LogP contribution < -0.4 is 15.7 Å². The number of alkyl halides is 3. The van der Waals surface area contributed by atoms with Crippen molar-refractivity contribution in [1.82, 2.24) is 10.2 Å². The number of benzene rings is 3. The molecule has 0 radical (unpaired) electrons. The Hall–Kier alpha value is -4.60. The van der Waals surface area contributed by atoms with E-state index in [0.717, 1.165) is 5.56 Å². The molecule has 5 rings (SSSR count). The van der Waals surface area contributed by atoms with Crippen molar-refractivity contribution >= 4 is 22.9 Å². The van der Waals surface area contributed by atoms with Crippen LogP contribution in [0.1, 0.15) is 72.9 Å². The van der Waals surface area contributed by atoms with Gasteiger partial charge in [-0.05, 0) is 55.4 Å². The number of ether oxygens (including phenoxy) is 1. The van der Waals surface area contributed by atoms with Gasteiger partial charge < -0.3 is 14.5 Å². The quantitative estimate of drug-likeness (QED) is 0.0981. The van der Waals surface area contributed by atoms with Crippen LogP contribution in [0.15, 0.2) is 75.9 Å². The van der Waals surface area contributed by atoms with Gasteiger partial charge >= 0.3 is 17.8 Å². The molecule has 1 aliphatic heterocycles. The van der Waals surface area contributed by atoms with Gasteiger partial charge in [0, 0.05) is 23.6 Å². The van der Waals surface area contributed by atoms with Gasteiger partial charge in [-0.2, -0.15) is 13.2 Å². The van der Waals surface area contributed by atoms with Gasteiger partial charge in [0.15, 0.2) is 5.54 Å². The number of hydrogen-bond donors (Lipinski definition) is 1. The first-order valence-corrected chi connectivity index (χ1v) is 15.6. The molecular formula is C36H37F3N2O5. The Labute approximate surface area is 265 Å². The van der Waals surface area contributed by atoms with Crippen LogP contribution in [0.5, 0.6) is 5.75 Å². The summed E-state index contributed by atoms with van der Waals surface area (Å²) in [6.07, 6.45) is -1.73. The number of imide groups is 1. The van der Waals surface area contributed by atoms with Crippen molar-refractivity contribution in [3.63, 3.8) is 0 Å². The summed E-state index contributed by atoms with van der Waals surface area (Å²) >= 11 is 0. The van der Waals surface area contributed by atoms with Crippen molar-refractivity contribution < 1.29 is 31.9 Å². The third kappa shape index (κ3) is 6.25. The Balaban J connectivity index is 1.36. The van der Waals surface area contributed by atoms with Crippen molar-refractivity contribution in [1.29, 1.82) is 0 Å². The summed E-state index contributed by atoms with van der Waals surface area (Å²) in [5, 5.41) is 2.80. The minimum absolute atomic E-state index is 0.107. The molecule has 0 saturated carbocycles. The zero-order valence-corrected chi connectivity index (χ0v) is 26.1. The molecule has 46 heavy (non-hydrogen) atoms. The molecule has 242 valence electrons. The fourth-order valence-corrected chi connectivity index (χ4v) is 6.13. The van der Waals surface area contributed by atoms with Crippen LogP contribution in [0.25, 0.3) is 11.0 Å². The molecular weight excluding hydrogens is 597 g/mol. The molecule has 10 heteroatoms. The zero-order chi connectivity index (χ0) is 33.1. The molecule has 3 aromatic carbocycles. The molecule has 1 aromatic heterocycles. The van der Waals surface area contributed by atoms with E-state index in [9.17, 15) is 27.6 Å². The molecule has 1 unspecified atom stereocenters. The maximum atomic E-state index is 14.0. The molecule has 4 aromatic rings. The lowest BCUT2D eigenvalue weighted by molar-refractivity contribution is -0.136. The van der Waals surface area contributed by atoms with E-state index in [1.54, 1.807) is 0 Å². The highest BCUT2D eigenvalue weighted by Crippen LogP contribution is 2.40. The van der Waals surface area contributed by atoms with Gasteiger partial charge in [-0.1, -0.05) is 86.8 Å². The lowest BCUT2D eigenvalue weighted by Crippen LogP contribution is -2.45. The summed E-state index contributed by atoms with van der Waals surface area (Å²) in [4.78, 5) is 40.6. The van der Waals surface area contributed by atoms with Gasteiger partial charge in [-0.15, -0.1) is 0 Å². The third-order valence-corrected chi connectivity index (χ3v) is 8.30. The number of rotatable bonds is 12. The monoisotopic (exact) mass is 634 g/mol. The average Bonchev–Trinajstić information content (AvgIpc) is 3.28. The number of nitrogens with zero attached hydrogens (tertiary/aromatic N) is 1. The van der Waals surface area contributed by atoms with E-state index < -0.39 is 28.9 Å². The van der Waals surface area contributed by atoms with Crippen LogP contribution in [0.2, 0.25) is 0 Å². The van der Waals surface area contributed by atoms with E-state index in [4.69, 9.17) is 9.15 Å². The SMILES string of the molecule is CCCc1cc2c(C(F)(F)F)cc(=O)oc2c(CCC)c1OCCCCN1C(=O)NC(c2ccccc2)(c2ccc(C)cc2)C1=O. The summed E-state index contributed by atoms with van der Waals surface area (Å²) in [5.74, 6) is 0.0603. The van der Waals surface area contributed by atoms with Gasteiger partial charge in [0.1, 0.15) is 11.3 Å². The third-order valence-electron chi connectivity index (χ3n) is 8.30. The molecule has 3 amide bonds. The summed E-state index contributed by atoms with van der Waals surface area (Å²) in [5.41, 5.74) is -0.157. The highest BCUT2D eigenvalue weighted by molar-refractivity contribution is 6.09. The number of nitrogens with one attached hydrogen (secondary N) is 1. The number of amides is 3. The van der Waals surface area contributed by atoms with Crippen molar-refractivity contribution in [2.24, 2.45) is 0 Å². The first-order chi connectivity index (χ1) is 22.0. The molecule has 0 spiro atoms. The molecule has 0 bridgehead atoms. The number of fused-ring (bicyclic) bond motifs is 1. The van der Waals surface area contributed by atoms with Crippen molar-refractivity contribution in [3.05, 3.63) is 111 Å². The number of carbonyl (C=O) groups excluding carboxylic acids is 2. The minimum Gasteiger partial charge on any atom is -0.493 e. The van der Waals surface area contributed by atoms with Gasteiger partial charge in [0.25, 0.3) is 5.91 Å². The predicted octanol–water partition coefficient (Wildman–Crippen LogP) is 7.68. The second kappa shape index (κ2) is 13.4. The lowest BCUT2D eigenvalue weighted by atomic mass is 9.82. The fraction of sp³-hybridized carbons (Fsp3) is 0.361. The normalized spacial score (nSPS) is 16.7. The highest BCUT2D eigenvalue weighted by Gasteiger charge is 2.53. The minimum atomic E-state index is -4.72. The van der Waals surface area contributed by atoms with E-state index in [0.29, 0.717) is 72.6 Å². The van der Waals surface area contributed by atoms with E-state index in [1.165, 1.54) is 11.0 Å². The molecule has 1 N–H and O–H groups in total. The first kappa shape index (κ1) is 32.8. The number of carbonyl (C=O) groups is 2. The standard InChI is InChI=1S/C36H37F3N2O5/c1-4-11-24-21-28-29(36(37,38)39)22-30(42)46-32(28)27(12-5-2)31(24)45-20-10-9-19-41-33(43)35(40-34(41)44,25-13-7-6-8-14-25)26-17-15-23(3)16-18-26/h6-8,13-18,21-22H,4-5,9-12,19-20H2,1-3H3,(H,40,44). The van der Waals surface area contributed by atoms with Crippen LogP contribution in [-0.2, 0) is 29.4 Å². The predicted molar refractivity (Wildman–Crippen MR) is 169 cm³/mol. The second-order valence-corrected chi connectivity index (χ2v) is 11.6. The van der Waals surface area contributed by atoms with Crippen molar-refractivity contribution in [2.45, 2.75) is 71.0 Å². The summed E-state index contributed by atoms with van der Waals surface area (Å²) in [6, 6.07) is 18.1. The van der Waals surface area contributed by atoms with Crippen LogP contribution in [0.3, 0.4) is 0 Å². The molecule has 7 nitrogen and oxygen atoms in total. The van der Waals surface area contributed by atoms with Gasteiger partial charge in [-0.25, -0.2) is 9.59 Å². The van der Waals surface area contributed by atoms with Crippen LogP contribution in [0.4, 0.5) is 18.0 Å². The Bertz CT molecular complexity index is 1780. The number of aryl methyl sites for hydroxylation is 3. The Morgan fingerprint density at radius 1 is 0.891 bits per heavy atom. The van der Waals surface area contributed by atoms with Crippen molar-refractivity contribution in [2.75, 3.05) is 13.2 Å². The van der Waals surface area contributed by atoms with E-state index >= 15 is 0 Å². The molecule has 1 saturated heterocycles. The average molecular weight is 635 g/mol. The number of hydrogen-bond acceptors (Lipinski definition) is 5. The van der Waals surface area contributed by atoms with Gasteiger partial charge in [0.05, 0.1) is 12.2 Å². The number of unbranched alkanes of at least 4 members (excludes halogenated alkanes) is 1. The lowest BCUT2D eigenvalue weighted by Gasteiger charge is -2.28. The molecule has 1 fully saturated rings. The van der Waals surface area contributed by atoms with Crippen LogP contribution >= 0.6 is 0 Å². The topological polar surface area (TPSA) is 88.8 Å². The second-order valence-electron chi connectivity index (χ2n) is 11.6. The summed E-state index contributed by atoms with van der Waals surface area (Å²) < 4.78 is 53.2. The van der Waals surface area contributed by atoms with E-state index in [2.05, 4.69) is 5.32 Å². The zero-order valence-electron chi connectivity index (χ0n) is 26.1. The van der Waals surface area contributed by atoms with E-state index in [-0.39, 0.29) is 30.0 Å². The van der Waals surface area contributed by atoms with E-state index in [1.807, 2.05) is 75.4 Å². The fourth-order valence-electron chi connectivity index (χ4n) is 6.13. The summed E-state index contributed by atoms with van der Waals surface area (Å²) in [7, 11) is 0. The maximum absolute atomic E-state index is 14.0. The smallest absolute Gasteiger partial charge is 0.417 e. The first-order valence-electron chi connectivity index (χ1n) is 15.6. The molecule has 1 atom stereocenters. The van der Waals surface area contributed by atoms with Crippen LogP contribution in [-0.4, -0.2) is 30.0 Å². The Morgan fingerprint density at radius 3 is 2.22 bits per heavy atom. The number of halogens is 3. The number of urea groups is 1. The largest absolute Gasteiger partial charge is 0.493 e. The molecule has 2 heterocycles. The maximum Gasteiger partial charge on any atom is 0.417 e. The molecule has 0 aliphatic carbocycles. The Kier molecular flexibility index (Phi) is 9.55. The Morgan fingerprint density at radius 2 is 1.57 bits per heavy atom. The van der Waals surface area contributed by atoms with Gasteiger partial charge in [-0.3, -0.25) is 9.69 Å². The summed E-state index contributed by atoms with van der Waals surface area (Å²) in [6.45, 7) is 6.10. The van der Waals surface area contributed by atoms with Gasteiger partial charge in [0.2, 0.25) is 0 Å². The van der Waals surface area contributed by atoms with Crippen LogP contribution in [0, 0.1) is 6.92 Å². The highest BCUT2D eigenvalue weighted by atomic mass is 19.4. The molecule has 1 aliphatic rings.